The molecule has 134 valence electrons. The van der Waals surface area contributed by atoms with Crippen LogP contribution < -0.4 is 4.74 Å². The second kappa shape index (κ2) is 7.70. The number of ether oxygens (including phenoxy) is 1. The molecule has 0 N–H and O–H groups in total. The van der Waals surface area contributed by atoms with Gasteiger partial charge in [0.25, 0.3) is 0 Å². The summed E-state index contributed by atoms with van der Waals surface area (Å²) >= 11 is 0. The van der Waals surface area contributed by atoms with Crippen LogP contribution in [0.3, 0.4) is 0 Å². The molecule has 4 rings (SSSR count). The zero-order chi connectivity index (χ0) is 17.8. The molecule has 0 spiro atoms. The number of aromatic nitrogens is 3. The number of benzene rings is 1. The van der Waals surface area contributed by atoms with E-state index in [9.17, 15) is 0 Å². The second-order valence-electron chi connectivity index (χ2n) is 6.73. The van der Waals surface area contributed by atoms with Crippen molar-refractivity contribution in [1.82, 2.24) is 19.7 Å². The minimum Gasteiger partial charge on any atom is -0.486 e. The standard InChI is InChI=1S/C21H24N4O/c1-24-21-10-13-25(12-9-17-6-3-2-4-7-17)15-19(21)20(23-24)16-26-18-8-5-11-22-14-18/h2-8,11,14H,9-10,12-13,15-16H2,1H3. The Kier molecular flexibility index (Phi) is 4.97. The molecule has 1 aliphatic heterocycles. The van der Waals surface area contributed by atoms with E-state index in [1.807, 2.05) is 23.9 Å². The predicted molar refractivity (Wildman–Crippen MR) is 101 cm³/mol. The van der Waals surface area contributed by atoms with Crippen molar-refractivity contribution in [2.45, 2.75) is 26.0 Å². The number of hydrogen-bond acceptors (Lipinski definition) is 4. The fourth-order valence-electron chi connectivity index (χ4n) is 3.55. The fraction of sp³-hybridized carbons (Fsp3) is 0.333. The summed E-state index contributed by atoms with van der Waals surface area (Å²) in [5.41, 5.74) is 5.10. The Morgan fingerprint density at radius 1 is 1.12 bits per heavy atom. The molecule has 1 aliphatic rings. The van der Waals surface area contributed by atoms with E-state index in [0.717, 1.165) is 43.9 Å². The zero-order valence-corrected chi connectivity index (χ0v) is 15.1. The molecule has 5 nitrogen and oxygen atoms in total. The highest BCUT2D eigenvalue weighted by atomic mass is 16.5. The molecule has 3 heterocycles. The van der Waals surface area contributed by atoms with Crippen molar-refractivity contribution >= 4 is 0 Å². The van der Waals surface area contributed by atoms with Crippen molar-refractivity contribution in [3.63, 3.8) is 0 Å². The van der Waals surface area contributed by atoms with Crippen LogP contribution in [0.2, 0.25) is 0 Å². The highest BCUT2D eigenvalue weighted by Gasteiger charge is 2.23. The molecule has 0 unspecified atom stereocenters. The van der Waals surface area contributed by atoms with Gasteiger partial charge in [0, 0.05) is 50.6 Å². The molecule has 1 aromatic carbocycles. The number of rotatable bonds is 6. The van der Waals surface area contributed by atoms with Gasteiger partial charge in [-0.2, -0.15) is 5.10 Å². The summed E-state index contributed by atoms with van der Waals surface area (Å²) in [6.45, 7) is 3.59. The van der Waals surface area contributed by atoms with Gasteiger partial charge in [-0.1, -0.05) is 30.3 Å². The van der Waals surface area contributed by atoms with Crippen molar-refractivity contribution < 1.29 is 4.74 Å². The van der Waals surface area contributed by atoms with Crippen LogP contribution in [0.25, 0.3) is 0 Å². The Labute approximate surface area is 154 Å². The molecule has 26 heavy (non-hydrogen) atoms. The summed E-state index contributed by atoms with van der Waals surface area (Å²) in [5.74, 6) is 0.781. The molecular weight excluding hydrogens is 324 g/mol. The van der Waals surface area contributed by atoms with Gasteiger partial charge in [-0.3, -0.25) is 14.6 Å². The smallest absolute Gasteiger partial charge is 0.138 e. The third-order valence-corrected chi connectivity index (χ3v) is 4.97. The number of nitrogens with zero attached hydrogens (tertiary/aromatic N) is 4. The van der Waals surface area contributed by atoms with Crippen molar-refractivity contribution in [3.8, 4) is 5.75 Å². The maximum atomic E-state index is 5.88. The van der Waals surface area contributed by atoms with E-state index >= 15 is 0 Å². The molecule has 0 radical (unpaired) electrons. The average molecular weight is 348 g/mol. The number of fused-ring (bicyclic) bond motifs is 1. The largest absolute Gasteiger partial charge is 0.486 e. The second-order valence-corrected chi connectivity index (χ2v) is 6.73. The number of pyridine rings is 1. The average Bonchev–Trinajstić information content (AvgIpc) is 3.01. The van der Waals surface area contributed by atoms with Gasteiger partial charge in [-0.25, -0.2) is 0 Å². The van der Waals surface area contributed by atoms with E-state index in [-0.39, 0.29) is 0 Å². The van der Waals surface area contributed by atoms with E-state index in [1.165, 1.54) is 16.8 Å². The van der Waals surface area contributed by atoms with Crippen LogP contribution in [0.5, 0.6) is 5.75 Å². The molecule has 0 aliphatic carbocycles. The Bertz CT molecular complexity index is 845. The molecular formula is C21H24N4O. The first kappa shape index (κ1) is 16.8. The normalized spacial score (nSPS) is 14.2. The van der Waals surface area contributed by atoms with Gasteiger partial charge in [-0.15, -0.1) is 0 Å². The first-order valence-electron chi connectivity index (χ1n) is 9.12. The lowest BCUT2D eigenvalue weighted by atomic mass is 10.0. The summed E-state index contributed by atoms with van der Waals surface area (Å²) in [4.78, 5) is 6.61. The van der Waals surface area contributed by atoms with Gasteiger partial charge < -0.3 is 4.74 Å². The van der Waals surface area contributed by atoms with Gasteiger partial charge in [0.05, 0.1) is 6.20 Å². The minimum atomic E-state index is 0.487. The van der Waals surface area contributed by atoms with Crippen LogP contribution in [0.4, 0.5) is 0 Å². The van der Waals surface area contributed by atoms with Crippen molar-refractivity contribution in [1.29, 1.82) is 0 Å². The van der Waals surface area contributed by atoms with Crippen molar-refractivity contribution in [2.75, 3.05) is 13.1 Å². The lowest BCUT2D eigenvalue weighted by Crippen LogP contribution is -2.33. The van der Waals surface area contributed by atoms with E-state index in [2.05, 4.69) is 40.2 Å². The summed E-state index contributed by atoms with van der Waals surface area (Å²) in [7, 11) is 2.03. The quantitative estimate of drug-likeness (QED) is 0.687. The molecule has 0 fully saturated rings. The topological polar surface area (TPSA) is 43.2 Å². The fourth-order valence-corrected chi connectivity index (χ4v) is 3.55. The molecule has 0 bridgehead atoms. The maximum absolute atomic E-state index is 5.88. The van der Waals surface area contributed by atoms with Gasteiger partial charge in [-0.05, 0) is 24.1 Å². The first-order chi connectivity index (χ1) is 12.8. The van der Waals surface area contributed by atoms with Crippen LogP contribution in [-0.2, 0) is 33.0 Å². The maximum Gasteiger partial charge on any atom is 0.138 e. The van der Waals surface area contributed by atoms with Crippen LogP contribution in [0.1, 0.15) is 22.5 Å². The number of hydrogen-bond donors (Lipinski definition) is 0. The first-order valence-corrected chi connectivity index (χ1v) is 9.12. The van der Waals surface area contributed by atoms with Gasteiger partial charge >= 0.3 is 0 Å². The monoisotopic (exact) mass is 348 g/mol. The van der Waals surface area contributed by atoms with Crippen molar-refractivity contribution in [2.24, 2.45) is 7.05 Å². The van der Waals surface area contributed by atoms with Gasteiger partial charge in [0.15, 0.2) is 0 Å². The van der Waals surface area contributed by atoms with Crippen LogP contribution in [0.15, 0.2) is 54.9 Å². The van der Waals surface area contributed by atoms with Gasteiger partial charge in [0.2, 0.25) is 0 Å². The van der Waals surface area contributed by atoms with Crippen LogP contribution in [-0.4, -0.2) is 32.8 Å². The van der Waals surface area contributed by atoms with Gasteiger partial charge in [0.1, 0.15) is 18.1 Å². The van der Waals surface area contributed by atoms with E-state index in [1.54, 1.807) is 12.4 Å². The van der Waals surface area contributed by atoms with Crippen LogP contribution in [0, 0.1) is 0 Å². The summed E-state index contributed by atoms with van der Waals surface area (Å²) in [5, 5.41) is 4.70. The predicted octanol–water partition coefficient (Wildman–Crippen LogP) is 2.99. The van der Waals surface area contributed by atoms with E-state index in [0.29, 0.717) is 6.61 Å². The zero-order valence-electron chi connectivity index (χ0n) is 15.1. The number of aryl methyl sites for hydroxylation is 1. The minimum absolute atomic E-state index is 0.487. The Balaban J connectivity index is 1.42. The molecule has 0 atom stereocenters. The Hall–Kier alpha value is -2.66. The molecule has 0 saturated heterocycles. The van der Waals surface area contributed by atoms with E-state index < -0.39 is 0 Å². The molecule has 3 aromatic rings. The Morgan fingerprint density at radius 2 is 2.00 bits per heavy atom. The molecule has 2 aromatic heterocycles. The summed E-state index contributed by atoms with van der Waals surface area (Å²) in [6.07, 6.45) is 5.61. The van der Waals surface area contributed by atoms with Crippen molar-refractivity contribution in [3.05, 3.63) is 77.4 Å². The lowest BCUT2D eigenvalue weighted by Gasteiger charge is -2.27. The highest BCUT2D eigenvalue weighted by Crippen LogP contribution is 2.23. The SMILES string of the molecule is Cn1nc(COc2cccnc2)c2c1CCN(CCc1ccccc1)C2. The van der Waals surface area contributed by atoms with Crippen LogP contribution >= 0.6 is 0 Å². The molecule has 0 amide bonds. The summed E-state index contributed by atoms with van der Waals surface area (Å²) < 4.78 is 7.90. The highest BCUT2D eigenvalue weighted by molar-refractivity contribution is 5.29. The summed E-state index contributed by atoms with van der Waals surface area (Å²) in [6, 6.07) is 14.5. The van der Waals surface area contributed by atoms with E-state index in [4.69, 9.17) is 9.84 Å². The molecule has 5 heteroatoms. The molecule has 0 saturated carbocycles. The lowest BCUT2D eigenvalue weighted by molar-refractivity contribution is 0.249. The third-order valence-electron chi connectivity index (χ3n) is 4.97. The third kappa shape index (κ3) is 3.78. The Morgan fingerprint density at radius 3 is 2.81 bits per heavy atom.